The van der Waals surface area contributed by atoms with Crippen molar-refractivity contribution in [3.05, 3.63) is 77.8 Å². The SMILES string of the molecule is O=C(C1=C(c2ncc(F)cn2)CC=CC=C1)N1CC2CCC1C(Oc1ccc(C(F)(F)F)cn1)C2. The third-order valence-corrected chi connectivity index (χ3v) is 6.60. The number of carbonyl (C=O) groups is 1. The van der Waals surface area contributed by atoms with Crippen molar-refractivity contribution in [1.29, 1.82) is 0 Å². The number of rotatable bonds is 4. The number of hydrogen-bond acceptors (Lipinski definition) is 5. The maximum Gasteiger partial charge on any atom is 0.417 e. The van der Waals surface area contributed by atoms with Gasteiger partial charge in [-0.1, -0.05) is 18.2 Å². The molecule has 1 saturated carbocycles. The van der Waals surface area contributed by atoms with Crippen LogP contribution in [0.3, 0.4) is 0 Å². The summed E-state index contributed by atoms with van der Waals surface area (Å²) in [4.78, 5) is 27.5. The molecule has 1 amide bonds. The molecule has 2 bridgehead atoms. The van der Waals surface area contributed by atoms with Crippen molar-refractivity contribution in [2.24, 2.45) is 5.92 Å². The minimum atomic E-state index is -4.47. The highest BCUT2D eigenvalue weighted by atomic mass is 19.4. The van der Waals surface area contributed by atoms with E-state index in [4.69, 9.17) is 4.74 Å². The molecule has 2 aliphatic heterocycles. The topological polar surface area (TPSA) is 68.2 Å². The van der Waals surface area contributed by atoms with Crippen LogP contribution in [0.15, 0.2) is 60.6 Å². The average molecular weight is 486 g/mol. The van der Waals surface area contributed by atoms with E-state index in [1.807, 2.05) is 12.2 Å². The Bertz CT molecular complexity index is 1190. The van der Waals surface area contributed by atoms with Crippen LogP contribution in [0.25, 0.3) is 5.57 Å². The van der Waals surface area contributed by atoms with Crippen LogP contribution in [0.2, 0.25) is 0 Å². The zero-order valence-electron chi connectivity index (χ0n) is 18.6. The lowest BCUT2D eigenvalue weighted by Crippen LogP contribution is -2.59. The molecule has 0 radical (unpaired) electrons. The van der Waals surface area contributed by atoms with Crippen molar-refractivity contribution >= 4 is 11.5 Å². The van der Waals surface area contributed by atoms with E-state index in [-0.39, 0.29) is 35.7 Å². The van der Waals surface area contributed by atoms with Crippen molar-refractivity contribution in [3.8, 4) is 5.88 Å². The maximum atomic E-state index is 13.8. The molecule has 182 valence electrons. The van der Waals surface area contributed by atoms with E-state index in [2.05, 4.69) is 15.0 Å². The number of halogens is 4. The number of fused-ring (bicyclic) bond motifs is 3. The van der Waals surface area contributed by atoms with Crippen molar-refractivity contribution in [2.75, 3.05) is 6.54 Å². The van der Waals surface area contributed by atoms with Gasteiger partial charge < -0.3 is 9.64 Å². The summed E-state index contributed by atoms with van der Waals surface area (Å²) < 4.78 is 57.9. The Hall–Kier alpha value is -3.56. The van der Waals surface area contributed by atoms with E-state index < -0.39 is 17.6 Å². The van der Waals surface area contributed by atoms with E-state index in [1.165, 1.54) is 6.07 Å². The largest absolute Gasteiger partial charge is 0.472 e. The predicted molar refractivity (Wildman–Crippen MR) is 118 cm³/mol. The predicted octanol–water partition coefficient (Wildman–Crippen LogP) is 4.76. The quantitative estimate of drug-likeness (QED) is 0.583. The standard InChI is InChI=1S/C25H22F4N4O2/c26-17-12-31-23(32-13-17)18-4-2-1-3-5-19(18)24(34)33-14-15-6-8-20(33)21(10-15)35-22-9-7-16(11-30-22)25(27,28)29/h1-3,5,7,9,11-13,15,20-21H,4,6,8,10,14H2. The molecule has 4 aliphatic rings. The minimum absolute atomic E-state index is 0.0983. The number of allylic oxidation sites excluding steroid dienone is 4. The average Bonchev–Trinajstić information content (AvgIpc) is 3.10. The van der Waals surface area contributed by atoms with Crippen molar-refractivity contribution < 1.29 is 27.1 Å². The van der Waals surface area contributed by atoms with E-state index in [1.54, 1.807) is 17.1 Å². The fraction of sp³-hybridized carbons (Fsp3) is 0.360. The molecule has 2 aromatic heterocycles. The molecule has 10 heteroatoms. The second kappa shape index (κ2) is 9.24. The van der Waals surface area contributed by atoms with Gasteiger partial charge in [0.2, 0.25) is 5.88 Å². The fourth-order valence-corrected chi connectivity index (χ4v) is 4.93. The lowest BCUT2D eigenvalue weighted by Gasteiger charge is -2.49. The van der Waals surface area contributed by atoms with Crippen LogP contribution in [0, 0.1) is 11.7 Å². The van der Waals surface area contributed by atoms with Gasteiger partial charge in [0.15, 0.2) is 11.6 Å². The minimum Gasteiger partial charge on any atom is -0.472 e. The Labute approximate surface area is 199 Å². The first kappa shape index (κ1) is 23.2. The number of hydrogen-bond donors (Lipinski definition) is 0. The molecule has 2 saturated heterocycles. The molecule has 3 unspecified atom stereocenters. The first-order valence-corrected chi connectivity index (χ1v) is 11.3. The highest BCUT2D eigenvalue weighted by Gasteiger charge is 2.45. The second-order valence-electron chi connectivity index (χ2n) is 8.85. The van der Waals surface area contributed by atoms with E-state index in [0.29, 0.717) is 30.5 Å². The van der Waals surface area contributed by atoms with Crippen LogP contribution in [-0.4, -0.2) is 44.4 Å². The van der Waals surface area contributed by atoms with Gasteiger partial charge in [-0.3, -0.25) is 4.79 Å². The van der Waals surface area contributed by atoms with Crippen LogP contribution in [0.1, 0.15) is 37.1 Å². The molecule has 2 aliphatic carbocycles. The van der Waals surface area contributed by atoms with Crippen LogP contribution in [-0.2, 0) is 11.0 Å². The summed E-state index contributed by atoms with van der Waals surface area (Å²) in [5.41, 5.74) is 0.187. The summed E-state index contributed by atoms with van der Waals surface area (Å²) in [6, 6.07) is 1.91. The Morgan fingerprint density at radius 1 is 1.06 bits per heavy atom. The van der Waals surface area contributed by atoms with Gasteiger partial charge >= 0.3 is 6.18 Å². The molecular weight excluding hydrogens is 464 g/mol. The number of pyridine rings is 1. The molecule has 3 fully saturated rings. The number of nitrogens with zero attached hydrogens (tertiary/aromatic N) is 4. The normalized spacial score (nSPS) is 24.0. The van der Waals surface area contributed by atoms with Crippen molar-refractivity contribution in [3.63, 3.8) is 0 Å². The lowest BCUT2D eigenvalue weighted by molar-refractivity contribution is -0.140. The Morgan fingerprint density at radius 3 is 2.54 bits per heavy atom. The molecule has 6 rings (SSSR count). The summed E-state index contributed by atoms with van der Waals surface area (Å²) in [5, 5.41) is 0. The van der Waals surface area contributed by atoms with Gasteiger partial charge in [-0.05, 0) is 43.7 Å². The molecule has 35 heavy (non-hydrogen) atoms. The molecule has 0 aromatic carbocycles. The third kappa shape index (κ3) is 4.82. The molecular formula is C25H22F4N4O2. The Morgan fingerprint density at radius 2 is 1.86 bits per heavy atom. The number of alkyl halides is 3. The van der Waals surface area contributed by atoms with Gasteiger partial charge in [-0.2, -0.15) is 13.2 Å². The van der Waals surface area contributed by atoms with E-state index in [9.17, 15) is 22.4 Å². The molecule has 6 nitrogen and oxygen atoms in total. The molecule has 0 N–H and O–H groups in total. The van der Waals surface area contributed by atoms with E-state index in [0.717, 1.165) is 37.5 Å². The first-order valence-electron chi connectivity index (χ1n) is 11.3. The monoisotopic (exact) mass is 486 g/mol. The number of amides is 1. The zero-order chi connectivity index (χ0) is 24.6. The van der Waals surface area contributed by atoms with Gasteiger partial charge in [-0.25, -0.2) is 19.3 Å². The lowest BCUT2D eigenvalue weighted by atomic mass is 9.77. The van der Waals surface area contributed by atoms with E-state index >= 15 is 0 Å². The van der Waals surface area contributed by atoms with Gasteiger partial charge in [0.05, 0.1) is 24.0 Å². The summed E-state index contributed by atoms with van der Waals surface area (Å²) in [6.45, 7) is 0.562. The highest BCUT2D eigenvalue weighted by molar-refractivity contribution is 6.04. The summed E-state index contributed by atoms with van der Waals surface area (Å²) in [7, 11) is 0. The molecule has 2 aromatic rings. The summed E-state index contributed by atoms with van der Waals surface area (Å²) in [5.74, 6) is -0.165. The first-order chi connectivity index (χ1) is 16.8. The molecule has 3 atom stereocenters. The number of aromatic nitrogens is 3. The second-order valence-corrected chi connectivity index (χ2v) is 8.85. The van der Waals surface area contributed by atoms with Crippen LogP contribution < -0.4 is 4.74 Å². The number of ether oxygens (including phenoxy) is 1. The molecule has 4 heterocycles. The van der Waals surface area contributed by atoms with Crippen molar-refractivity contribution in [1.82, 2.24) is 19.9 Å². The third-order valence-electron chi connectivity index (χ3n) is 6.60. The number of carbonyl (C=O) groups excluding carboxylic acids is 1. The Kier molecular flexibility index (Phi) is 6.12. The zero-order valence-corrected chi connectivity index (χ0v) is 18.6. The van der Waals surface area contributed by atoms with Crippen molar-refractivity contribution in [2.45, 2.75) is 44.0 Å². The van der Waals surface area contributed by atoms with Gasteiger partial charge in [-0.15, -0.1) is 0 Å². The fourth-order valence-electron chi connectivity index (χ4n) is 4.93. The maximum absolute atomic E-state index is 13.8. The highest BCUT2D eigenvalue weighted by Crippen LogP contribution is 2.39. The van der Waals surface area contributed by atoms with Gasteiger partial charge in [0.1, 0.15) is 6.10 Å². The van der Waals surface area contributed by atoms with Crippen LogP contribution >= 0.6 is 0 Å². The number of piperidine rings is 2. The smallest absolute Gasteiger partial charge is 0.417 e. The van der Waals surface area contributed by atoms with Crippen LogP contribution in [0.5, 0.6) is 5.88 Å². The van der Waals surface area contributed by atoms with Gasteiger partial charge in [0.25, 0.3) is 5.91 Å². The summed E-state index contributed by atoms with van der Waals surface area (Å²) >= 11 is 0. The van der Waals surface area contributed by atoms with Crippen LogP contribution in [0.4, 0.5) is 17.6 Å². The Balaban J connectivity index is 1.40. The van der Waals surface area contributed by atoms with Gasteiger partial charge in [0, 0.05) is 30.0 Å². The summed E-state index contributed by atoms with van der Waals surface area (Å²) in [6.07, 6.45) is 8.00. The molecule has 0 spiro atoms.